The van der Waals surface area contributed by atoms with Crippen LogP contribution in [0, 0.1) is 5.92 Å². The van der Waals surface area contributed by atoms with E-state index in [0.717, 1.165) is 22.5 Å². The third-order valence-electron chi connectivity index (χ3n) is 3.22. The minimum Gasteiger partial charge on any atom is -0.306 e. The van der Waals surface area contributed by atoms with Gasteiger partial charge >= 0.3 is 0 Å². The summed E-state index contributed by atoms with van der Waals surface area (Å²) in [5.41, 5.74) is 2.28. The van der Waals surface area contributed by atoms with E-state index >= 15 is 0 Å². The van der Waals surface area contributed by atoms with Crippen molar-refractivity contribution in [1.82, 2.24) is 9.38 Å². The van der Waals surface area contributed by atoms with Crippen molar-refractivity contribution >= 4 is 33.3 Å². The van der Waals surface area contributed by atoms with Gasteiger partial charge in [0, 0.05) is 16.9 Å². The Labute approximate surface area is 114 Å². The Morgan fingerprint density at radius 3 is 3.18 bits per heavy atom. The Morgan fingerprint density at radius 2 is 2.35 bits per heavy atom. The lowest BCUT2D eigenvalue weighted by atomic mass is 10.00. The van der Waals surface area contributed by atoms with E-state index in [1.807, 2.05) is 6.07 Å². The van der Waals surface area contributed by atoms with Crippen molar-refractivity contribution in [2.24, 2.45) is 5.92 Å². The van der Waals surface area contributed by atoms with Gasteiger partial charge in [0.05, 0.1) is 5.69 Å². The molecule has 2 aromatic rings. The molecule has 0 saturated carbocycles. The molecule has 3 rings (SSSR count). The van der Waals surface area contributed by atoms with Crippen LogP contribution in [0.25, 0.3) is 5.65 Å². The van der Waals surface area contributed by atoms with Gasteiger partial charge in [0.2, 0.25) is 0 Å². The molecule has 0 spiro atoms. The van der Waals surface area contributed by atoms with Gasteiger partial charge in [-0.1, -0.05) is 0 Å². The number of imidazole rings is 1. The molecule has 17 heavy (non-hydrogen) atoms. The quantitative estimate of drug-likeness (QED) is 0.839. The van der Waals surface area contributed by atoms with E-state index in [-0.39, 0.29) is 0 Å². The lowest BCUT2D eigenvalue weighted by Crippen LogP contribution is -2.13. The first kappa shape index (κ1) is 11.6. The van der Waals surface area contributed by atoms with Crippen molar-refractivity contribution in [3.8, 4) is 0 Å². The van der Waals surface area contributed by atoms with E-state index in [1.165, 1.54) is 30.0 Å². The Hall–Kier alpha value is -0.480. The molecule has 0 bridgehead atoms. The molecule has 1 aliphatic rings. The molecule has 1 atom stereocenters. The first-order chi connectivity index (χ1) is 8.31. The SMILES string of the molecule is Brc1ccc2nc(CC3CCCSC3)cn2c1. The summed E-state index contributed by atoms with van der Waals surface area (Å²) in [4.78, 5) is 4.68. The number of halogens is 1. The minimum atomic E-state index is 0.821. The summed E-state index contributed by atoms with van der Waals surface area (Å²) in [5.74, 6) is 3.47. The largest absolute Gasteiger partial charge is 0.306 e. The zero-order valence-corrected chi connectivity index (χ0v) is 12.0. The molecule has 1 aliphatic heterocycles. The molecule has 0 radical (unpaired) electrons. The number of rotatable bonds is 2. The van der Waals surface area contributed by atoms with E-state index in [0.29, 0.717) is 0 Å². The highest BCUT2D eigenvalue weighted by Crippen LogP contribution is 2.25. The highest BCUT2D eigenvalue weighted by molar-refractivity contribution is 9.10. The first-order valence-electron chi connectivity index (χ1n) is 6.02. The lowest BCUT2D eigenvalue weighted by molar-refractivity contribution is 0.516. The Balaban J connectivity index is 1.80. The average Bonchev–Trinajstić information content (AvgIpc) is 2.71. The molecule has 4 heteroatoms. The number of hydrogen-bond donors (Lipinski definition) is 0. The third-order valence-corrected chi connectivity index (χ3v) is 4.97. The summed E-state index contributed by atoms with van der Waals surface area (Å²) in [6, 6.07) is 4.10. The highest BCUT2D eigenvalue weighted by atomic mass is 79.9. The maximum atomic E-state index is 4.68. The zero-order chi connectivity index (χ0) is 11.7. The standard InChI is InChI=1S/C13H15BrN2S/c14-11-3-4-13-15-12(8-16(13)7-11)6-10-2-1-5-17-9-10/h3-4,7-8,10H,1-2,5-6,9H2. The minimum absolute atomic E-state index is 0.821. The van der Waals surface area contributed by atoms with Gasteiger partial charge in [-0.2, -0.15) is 11.8 Å². The fourth-order valence-corrected chi connectivity index (χ4v) is 3.89. The number of pyridine rings is 1. The van der Waals surface area contributed by atoms with Gasteiger partial charge in [0.25, 0.3) is 0 Å². The van der Waals surface area contributed by atoms with E-state index in [2.05, 4.69) is 55.5 Å². The molecular formula is C13H15BrN2S. The Kier molecular flexibility index (Phi) is 3.43. The zero-order valence-electron chi connectivity index (χ0n) is 9.60. The molecule has 0 N–H and O–H groups in total. The first-order valence-corrected chi connectivity index (χ1v) is 7.97. The molecule has 90 valence electrons. The van der Waals surface area contributed by atoms with Crippen molar-refractivity contribution in [3.05, 3.63) is 34.7 Å². The van der Waals surface area contributed by atoms with Crippen molar-refractivity contribution in [1.29, 1.82) is 0 Å². The molecular weight excluding hydrogens is 296 g/mol. The summed E-state index contributed by atoms with van der Waals surface area (Å²) < 4.78 is 3.21. The molecule has 3 heterocycles. The maximum Gasteiger partial charge on any atom is 0.137 e. The van der Waals surface area contributed by atoms with Crippen LogP contribution in [0.5, 0.6) is 0 Å². The van der Waals surface area contributed by atoms with Gasteiger partial charge in [-0.3, -0.25) is 0 Å². The average molecular weight is 311 g/mol. The van der Waals surface area contributed by atoms with Crippen molar-refractivity contribution in [3.63, 3.8) is 0 Å². The number of aromatic nitrogens is 2. The van der Waals surface area contributed by atoms with E-state index < -0.39 is 0 Å². The van der Waals surface area contributed by atoms with Crippen LogP contribution < -0.4 is 0 Å². The molecule has 2 nitrogen and oxygen atoms in total. The predicted octanol–water partition coefficient (Wildman–Crippen LogP) is 3.78. The number of nitrogens with zero attached hydrogens (tertiary/aromatic N) is 2. The van der Waals surface area contributed by atoms with Crippen molar-refractivity contribution in [2.45, 2.75) is 19.3 Å². The van der Waals surface area contributed by atoms with Crippen molar-refractivity contribution < 1.29 is 0 Å². The second-order valence-corrected chi connectivity index (χ2v) is 6.70. The maximum absolute atomic E-state index is 4.68. The summed E-state index contributed by atoms with van der Waals surface area (Å²) in [6.07, 6.45) is 8.10. The smallest absolute Gasteiger partial charge is 0.137 e. The van der Waals surface area contributed by atoms with Crippen LogP contribution in [-0.2, 0) is 6.42 Å². The fourth-order valence-electron chi connectivity index (χ4n) is 2.38. The lowest BCUT2D eigenvalue weighted by Gasteiger charge is -2.19. The van der Waals surface area contributed by atoms with E-state index in [9.17, 15) is 0 Å². The monoisotopic (exact) mass is 310 g/mol. The summed E-state index contributed by atoms with van der Waals surface area (Å²) in [5, 5.41) is 0. The van der Waals surface area contributed by atoms with Gasteiger partial charge in [0.1, 0.15) is 5.65 Å². The van der Waals surface area contributed by atoms with Crippen LogP contribution in [0.3, 0.4) is 0 Å². The van der Waals surface area contributed by atoms with E-state index in [1.54, 1.807) is 0 Å². The second kappa shape index (κ2) is 5.02. The third kappa shape index (κ3) is 2.68. The number of fused-ring (bicyclic) bond motifs is 1. The van der Waals surface area contributed by atoms with Gasteiger partial charge < -0.3 is 4.40 Å². The van der Waals surface area contributed by atoms with Crippen LogP contribution in [-0.4, -0.2) is 20.9 Å². The fraction of sp³-hybridized carbons (Fsp3) is 0.462. The van der Waals surface area contributed by atoms with Gasteiger partial charge in [-0.15, -0.1) is 0 Å². The van der Waals surface area contributed by atoms with Crippen LogP contribution in [0.4, 0.5) is 0 Å². The number of hydrogen-bond acceptors (Lipinski definition) is 2. The van der Waals surface area contributed by atoms with Crippen LogP contribution in [0.15, 0.2) is 29.0 Å². The van der Waals surface area contributed by atoms with Crippen LogP contribution >= 0.6 is 27.7 Å². The van der Waals surface area contributed by atoms with Gasteiger partial charge in [-0.25, -0.2) is 4.98 Å². The number of thioether (sulfide) groups is 1. The molecule has 1 unspecified atom stereocenters. The van der Waals surface area contributed by atoms with E-state index in [4.69, 9.17) is 0 Å². The summed E-state index contributed by atoms with van der Waals surface area (Å²) >= 11 is 5.58. The predicted molar refractivity (Wildman–Crippen MR) is 76.6 cm³/mol. The van der Waals surface area contributed by atoms with Crippen LogP contribution in [0.2, 0.25) is 0 Å². The van der Waals surface area contributed by atoms with Crippen LogP contribution in [0.1, 0.15) is 18.5 Å². The molecule has 1 saturated heterocycles. The molecule has 2 aromatic heterocycles. The van der Waals surface area contributed by atoms with Gasteiger partial charge in [0.15, 0.2) is 0 Å². The van der Waals surface area contributed by atoms with Crippen molar-refractivity contribution in [2.75, 3.05) is 11.5 Å². The second-order valence-electron chi connectivity index (χ2n) is 4.63. The molecule has 0 aliphatic carbocycles. The molecule has 0 aromatic carbocycles. The summed E-state index contributed by atoms with van der Waals surface area (Å²) in [6.45, 7) is 0. The molecule has 1 fully saturated rings. The topological polar surface area (TPSA) is 17.3 Å². The summed E-state index contributed by atoms with van der Waals surface area (Å²) in [7, 11) is 0. The van der Waals surface area contributed by atoms with Gasteiger partial charge in [-0.05, 0) is 64.7 Å². The highest BCUT2D eigenvalue weighted by Gasteiger charge is 2.15. The Bertz CT molecular complexity index is 517. The molecule has 0 amide bonds. The normalized spacial score (nSPS) is 20.9. The Morgan fingerprint density at radius 1 is 1.41 bits per heavy atom.